The maximum atomic E-state index is 12.0. The maximum Gasteiger partial charge on any atom is 0.239 e. The minimum atomic E-state index is 0.0554. The van der Waals surface area contributed by atoms with Crippen molar-refractivity contribution in [3.8, 4) is 0 Å². The zero-order valence-corrected chi connectivity index (χ0v) is 12.7. The summed E-state index contributed by atoms with van der Waals surface area (Å²) in [5.74, 6) is 1.49. The lowest BCUT2D eigenvalue weighted by atomic mass is 10.1. The first-order valence-corrected chi connectivity index (χ1v) is 7.87. The maximum absolute atomic E-state index is 12.0. The number of hydrogen-bond donors (Lipinski definition) is 2. The second-order valence-corrected chi connectivity index (χ2v) is 6.56. The number of halogens is 2. The highest BCUT2D eigenvalue weighted by atomic mass is 35.5. The number of amides is 1. The number of rotatable bonds is 6. The van der Waals surface area contributed by atoms with Gasteiger partial charge in [0.1, 0.15) is 0 Å². The Morgan fingerprint density at radius 3 is 2.35 bits per heavy atom. The third-order valence-corrected chi connectivity index (χ3v) is 4.70. The summed E-state index contributed by atoms with van der Waals surface area (Å²) in [7, 11) is 0. The highest BCUT2D eigenvalue weighted by Gasteiger charge is 2.42. The van der Waals surface area contributed by atoms with Crippen molar-refractivity contribution in [2.24, 2.45) is 11.8 Å². The molecule has 2 aliphatic carbocycles. The van der Waals surface area contributed by atoms with E-state index >= 15 is 0 Å². The van der Waals surface area contributed by atoms with Gasteiger partial charge < -0.3 is 10.6 Å². The molecule has 0 spiro atoms. The fraction of sp³-hybridized carbons (Fsp3) is 0.533. The Hall–Kier alpha value is -0.930. The molecule has 0 unspecified atom stereocenters. The number of carbonyl (C=O) groups excluding carboxylic acids is 1. The van der Waals surface area contributed by atoms with Crippen molar-refractivity contribution < 1.29 is 4.79 Å². The third-order valence-electron chi connectivity index (χ3n) is 3.96. The van der Waals surface area contributed by atoms with Crippen LogP contribution in [0.5, 0.6) is 0 Å². The van der Waals surface area contributed by atoms with Crippen molar-refractivity contribution in [3.63, 3.8) is 0 Å². The predicted octanol–water partition coefficient (Wildman–Crippen LogP) is 3.71. The summed E-state index contributed by atoms with van der Waals surface area (Å²) in [5, 5.41) is 7.27. The molecule has 1 amide bonds. The van der Waals surface area contributed by atoms with E-state index in [0.717, 1.165) is 17.5 Å². The van der Waals surface area contributed by atoms with E-state index in [9.17, 15) is 4.79 Å². The smallest absolute Gasteiger partial charge is 0.239 e. The van der Waals surface area contributed by atoms with Gasteiger partial charge in [-0.1, -0.05) is 23.2 Å². The first-order valence-electron chi connectivity index (χ1n) is 7.12. The van der Waals surface area contributed by atoms with Gasteiger partial charge in [0.2, 0.25) is 5.91 Å². The van der Waals surface area contributed by atoms with E-state index in [0.29, 0.717) is 16.1 Å². The predicted molar refractivity (Wildman–Crippen MR) is 82.3 cm³/mol. The van der Waals surface area contributed by atoms with Crippen LogP contribution in [-0.2, 0) is 4.79 Å². The zero-order valence-electron chi connectivity index (χ0n) is 11.2. The van der Waals surface area contributed by atoms with Crippen LogP contribution >= 0.6 is 23.2 Å². The molecule has 0 atom stereocenters. The van der Waals surface area contributed by atoms with Crippen molar-refractivity contribution in [1.82, 2.24) is 5.32 Å². The van der Waals surface area contributed by atoms with Crippen molar-refractivity contribution in [2.45, 2.75) is 31.7 Å². The standard InChI is InChI=1S/C15H18Cl2N2O/c16-12-6-5-11(7-13(12)17)18-8-14(20)19-15(9-1-2-9)10-3-4-10/h5-7,9-10,15,18H,1-4,8H2,(H,19,20). The molecular weight excluding hydrogens is 295 g/mol. The molecular formula is C15H18Cl2N2O. The van der Waals surface area contributed by atoms with Gasteiger partial charge in [-0.05, 0) is 55.7 Å². The minimum Gasteiger partial charge on any atom is -0.376 e. The van der Waals surface area contributed by atoms with Crippen molar-refractivity contribution in [3.05, 3.63) is 28.2 Å². The summed E-state index contributed by atoms with van der Waals surface area (Å²) >= 11 is 11.8. The van der Waals surface area contributed by atoms with Crippen molar-refractivity contribution >= 4 is 34.8 Å². The first kappa shape index (κ1) is 14.0. The molecule has 108 valence electrons. The molecule has 2 N–H and O–H groups in total. The summed E-state index contributed by atoms with van der Waals surface area (Å²) in [5.41, 5.74) is 0.809. The van der Waals surface area contributed by atoms with Gasteiger partial charge in [0.15, 0.2) is 0 Å². The second-order valence-electron chi connectivity index (χ2n) is 5.75. The molecule has 3 nitrogen and oxygen atoms in total. The zero-order chi connectivity index (χ0) is 14.1. The Morgan fingerprint density at radius 1 is 1.15 bits per heavy atom. The molecule has 2 fully saturated rings. The van der Waals surface area contributed by atoms with Crippen molar-refractivity contribution in [2.75, 3.05) is 11.9 Å². The molecule has 3 rings (SSSR count). The number of anilines is 1. The quantitative estimate of drug-likeness (QED) is 0.840. The van der Waals surface area contributed by atoms with Crippen LogP contribution in [0.4, 0.5) is 5.69 Å². The van der Waals surface area contributed by atoms with Crippen LogP contribution in [0, 0.1) is 11.8 Å². The van der Waals surface area contributed by atoms with E-state index in [1.165, 1.54) is 25.7 Å². The van der Waals surface area contributed by atoms with Crippen LogP contribution in [0.1, 0.15) is 25.7 Å². The highest BCUT2D eigenvalue weighted by molar-refractivity contribution is 6.42. The Kier molecular flexibility index (Phi) is 4.08. The topological polar surface area (TPSA) is 41.1 Å². The van der Waals surface area contributed by atoms with Gasteiger partial charge in [-0.25, -0.2) is 0 Å². The average molecular weight is 313 g/mol. The molecule has 1 aromatic carbocycles. The summed E-state index contributed by atoms with van der Waals surface area (Å²) in [6.45, 7) is 0.272. The number of carbonyl (C=O) groups is 1. The lowest BCUT2D eigenvalue weighted by Gasteiger charge is -2.18. The van der Waals surface area contributed by atoms with Crippen LogP contribution in [0.2, 0.25) is 10.0 Å². The molecule has 0 radical (unpaired) electrons. The molecule has 0 heterocycles. The number of nitrogens with one attached hydrogen (secondary N) is 2. The monoisotopic (exact) mass is 312 g/mol. The van der Waals surface area contributed by atoms with E-state index in [1.54, 1.807) is 12.1 Å². The normalized spacial score (nSPS) is 18.1. The van der Waals surface area contributed by atoms with E-state index in [2.05, 4.69) is 10.6 Å². The van der Waals surface area contributed by atoms with E-state index in [4.69, 9.17) is 23.2 Å². The van der Waals surface area contributed by atoms with E-state index in [1.807, 2.05) is 6.07 Å². The Morgan fingerprint density at radius 2 is 1.80 bits per heavy atom. The van der Waals surface area contributed by atoms with Gasteiger partial charge in [0.25, 0.3) is 0 Å². The van der Waals surface area contributed by atoms with Crippen LogP contribution in [0.3, 0.4) is 0 Å². The molecule has 5 heteroatoms. The summed E-state index contributed by atoms with van der Waals surface area (Å²) in [6, 6.07) is 5.68. The molecule has 0 aromatic heterocycles. The Balaban J connectivity index is 1.49. The Labute approximate surface area is 129 Å². The van der Waals surface area contributed by atoms with Gasteiger partial charge in [0.05, 0.1) is 16.6 Å². The summed E-state index contributed by atoms with van der Waals surface area (Å²) < 4.78 is 0. The first-order chi connectivity index (χ1) is 9.63. The molecule has 2 saturated carbocycles. The highest BCUT2D eigenvalue weighted by Crippen LogP contribution is 2.44. The van der Waals surface area contributed by atoms with Gasteiger partial charge >= 0.3 is 0 Å². The number of hydrogen-bond acceptors (Lipinski definition) is 2. The molecule has 20 heavy (non-hydrogen) atoms. The molecule has 2 aliphatic rings. The fourth-order valence-electron chi connectivity index (χ4n) is 2.56. The molecule has 0 saturated heterocycles. The van der Waals surface area contributed by atoms with Gasteiger partial charge in [-0.3, -0.25) is 4.79 Å². The number of benzene rings is 1. The van der Waals surface area contributed by atoms with E-state index in [-0.39, 0.29) is 12.5 Å². The van der Waals surface area contributed by atoms with Gasteiger partial charge in [0, 0.05) is 11.7 Å². The van der Waals surface area contributed by atoms with Crippen LogP contribution in [0.25, 0.3) is 0 Å². The SMILES string of the molecule is O=C(CNc1ccc(Cl)c(Cl)c1)NC(C1CC1)C1CC1. The summed E-state index contributed by atoms with van der Waals surface area (Å²) in [4.78, 5) is 12.0. The van der Waals surface area contributed by atoms with Gasteiger partial charge in [-0.15, -0.1) is 0 Å². The van der Waals surface area contributed by atoms with Crippen LogP contribution < -0.4 is 10.6 Å². The third kappa shape index (κ3) is 3.58. The minimum absolute atomic E-state index is 0.0554. The molecule has 0 aliphatic heterocycles. The largest absolute Gasteiger partial charge is 0.376 e. The van der Waals surface area contributed by atoms with Crippen LogP contribution in [0.15, 0.2) is 18.2 Å². The molecule has 1 aromatic rings. The Bertz CT molecular complexity index is 501. The summed E-state index contributed by atoms with van der Waals surface area (Å²) in [6.07, 6.45) is 5.06. The van der Waals surface area contributed by atoms with Crippen molar-refractivity contribution in [1.29, 1.82) is 0 Å². The fourth-order valence-corrected chi connectivity index (χ4v) is 2.85. The van der Waals surface area contributed by atoms with Crippen LogP contribution in [-0.4, -0.2) is 18.5 Å². The van der Waals surface area contributed by atoms with Gasteiger partial charge in [-0.2, -0.15) is 0 Å². The lowest BCUT2D eigenvalue weighted by Crippen LogP contribution is -2.41. The molecule has 0 bridgehead atoms. The lowest BCUT2D eigenvalue weighted by molar-refractivity contribution is -0.120. The second kappa shape index (κ2) is 5.82. The average Bonchev–Trinajstić information content (AvgIpc) is 3.28. The van der Waals surface area contributed by atoms with E-state index < -0.39 is 0 Å².